The largest absolute Gasteiger partial charge is 0.443 e. The van der Waals surface area contributed by atoms with E-state index in [9.17, 15) is 22.8 Å². The van der Waals surface area contributed by atoms with Crippen molar-refractivity contribution in [1.82, 2.24) is 10.4 Å². The molecule has 1 aromatic carbocycles. The Morgan fingerprint density at radius 1 is 1.11 bits per heavy atom. The van der Waals surface area contributed by atoms with Crippen molar-refractivity contribution >= 4 is 33.4 Å². The molecule has 0 fully saturated rings. The molecule has 3 amide bonds. The molecule has 0 heterocycles. The maximum Gasteiger partial charge on any atom is 0.426 e. The molecule has 0 saturated heterocycles. The number of hydrogen-bond donors (Lipinski definition) is 3. The molecule has 37 heavy (non-hydrogen) atoms. The highest BCUT2D eigenvalue weighted by Gasteiger charge is 2.33. The van der Waals surface area contributed by atoms with Gasteiger partial charge in [-0.05, 0) is 70.6 Å². The molecule has 4 N–H and O–H groups in total. The summed E-state index contributed by atoms with van der Waals surface area (Å²) in [5.74, 6) is -1.14. The molecular weight excluding hydrogens is 496 g/mol. The minimum Gasteiger partial charge on any atom is -0.443 e. The Hall–Kier alpha value is -2.92. The van der Waals surface area contributed by atoms with Crippen LogP contribution < -0.4 is 16.5 Å². The summed E-state index contributed by atoms with van der Waals surface area (Å²) in [6, 6.07) is 3.62. The number of carbonyl (C=O) groups excluding carboxylic acids is 3. The third kappa shape index (κ3) is 10.9. The first kappa shape index (κ1) is 32.1. The molecule has 11 heteroatoms. The zero-order chi connectivity index (χ0) is 28.6. The van der Waals surface area contributed by atoms with Crippen LogP contribution in [-0.4, -0.2) is 49.0 Å². The van der Waals surface area contributed by atoms with Crippen LogP contribution in [0.25, 0.3) is 0 Å². The fourth-order valence-electron chi connectivity index (χ4n) is 3.01. The van der Waals surface area contributed by atoms with Gasteiger partial charge >= 0.3 is 6.09 Å². The van der Waals surface area contributed by atoms with Gasteiger partial charge in [0.05, 0.1) is 10.9 Å². The molecule has 10 nitrogen and oxygen atoms in total. The van der Waals surface area contributed by atoms with E-state index >= 15 is 0 Å². The minimum absolute atomic E-state index is 0.0143. The molecule has 2 atom stereocenters. The van der Waals surface area contributed by atoms with Crippen molar-refractivity contribution in [1.29, 1.82) is 0 Å². The van der Waals surface area contributed by atoms with E-state index in [1.54, 1.807) is 40.7 Å². The number of hydrazine groups is 1. The molecule has 0 saturated carbocycles. The number of nitrogens with two attached hydrogens (primary N) is 1. The van der Waals surface area contributed by atoms with E-state index in [1.165, 1.54) is 31.2 Å². The van der Waals surface area contributed by atoms with Crippen LogP contribution in [0.15, 0.2) is 40.6 Å². The average molecular weight is 539 g/mol. The first-order valence-electron chi connectivity index (χ1n) is 12.4. The van der Waals surface area contributed by atoms with Gasteiger partial charge in [0.15, 0.2) is 9.84 Å². The van der Waals surface area contributed by atoms with Crippen LogP contribution in [0, 0.1) is 11.8 Å². The average Bonchev–Trinajstić information content (AvgIpc) is 2.77. The van der Waals surface area contributed by atoms with E-state index < -0.39 is 45.4 Å². The number of anilines is 1. The lowest BCUT2D eigenvalue weighted by molar-refractivity contribution is -0.143. The molecule has 0 aliphatic carbocycles. The number of nitrogens with zero attached hydrogens (tertiary/aromatic N) is 1. The van der Waals surface area contributed by atoms with Gasteiger partial charge in [0, 0.05) is 11.1 Å². The van der Waals surface area contributed by atoms with E-state index in [0.29, 0.717) is 12.3 Å². The fraction of sp³-hybridized carbons (Fsp3) is 0.577. The van der Waals surface area contributed by atoms with Gasteiger partial charge in [0.2, 0.25) is 5.91 Å². The van der Waals surface area contributed by atoms with Crippen LogP contribution >= 0.6 is 0 Å². The Balaban J connectivity index is 3.11. The second kappa shape index (κ2) is 13.6. The maximum atomic E-state index is 13.1. The van der Waals surface area contributed by atoms with E-state index in [-0.39, 0.29) is 16.5 Å². The van der Waals surface area contributed by atoms with Gasteiger partial charge in [-0.3, -0.25) is 9.59 Å². The van der Waals surface area contributed by atoms with E-state index in [1.807, 2.05) is 0 Å². The van der Waals surface area contributed by atoms with Gasteiger partial charge < -0.3 is 15.8 Å². The number of carbonyl (C=O) groups is 3. The van der Waals surface area contributed by atoms with Crippen LogP contribution in [0.1, 0.15) is 68.2 Å². The van der Waals surface area contributed by atoms with E-state index in [0.717, 1.165) is 16.8 Å². The topological polar surface area (TPSA) is 148 Å². The number of amides is 3. The fourth-order valence-corrected chi connectivity index (χ4v) is 4.11. The Kier molecular flexibility index (Phi) is 11.8. The highest BCUT2D eigenvalue weighted by atomic mass is 32.2. The second-order valence-electron chi connectivity index (χ2n) is 10.7. The summed E-state index contributed by atoms with van der Waals surface area (Å²) in [4.78, 5) is 38.4. The molecule has 0 unspecified atom stereocenters. The van der Waals surface area contributed by atoms with Gasteiger partial charge in [-0.2, -0.15) is 0 Å². The molecule has 0 spiro atoms. The highest BCUT2D eigenvalue weighted by Crippen LogP contribution is 2.19. The molecule has 1 aromatic rings. The summed E-state index contributed by atoms with van der Waals surface area (Å²) in [6.07, 6.45) is 2.20. The summed E-state index contributed by atoms with van der Waals surface area (Å²) in [5.41, 5.74) is 7.71. The number of rotatable bonds is 10. The van der Waals surface area contributed by atoms with Crippen LogP contribution in [0.2, 0.25) is 0 Å². The number of hydrogen-bond acceptors (Lipinski definition) is 7. The normalized spacial score (nSPS) is 13.9. The molecule has 0 aromatic heterocycles. The molecule has 1 rings (SSSR count). The van der Waals surface area contributed by atoms with Crippen molar-refractivity contribution in [3.05, 3.63) is 35.7 Å². The Bertz CT molecular complexity index is 1080. The zero-order valence-electron chi connectivity index (χ0n) is 23.1. The number of sulfone groups is 1. The van der Waals surface area contributed by atoms with Crippen LogP contribution in [0.5, 0.6) is 0 Å². The van der Waals surface area contributed by atoms with Crippen molar-refractivity contribution in [2.45, 2.75) is 90.8 Å². The van der Waals surface area contributed by atoms with E-state index in [2.05, 4.69) is 24.6 Å². The van der Waals surface area contributed by atoms with Gasteiger partial charge in [-0.15, -0.1) is 0 Å². The smallest absolute Gasteiger partial charge is 0.426 e. The molecule has 0 aliphatic heterocycles. The number of allylic oxidation sites excluding steroid dienone is 1. The summed E-state index contributed by atoms with van der Waals surface area (Å²) < 4.78 is 30.6. The van der Waals surface area contributed by atoms with Crippen LogP contribution in [0.3, 0.4) is 0 Å². The Morgan fingerprint density at radius 2 is 1.73 bits per heavy atom. The summed E-state index contributed by atoms with van der Waals surface area (Å²) in [6.45, 7) is 14.0. The van der Waals surface area contributed by atoms with Gasteiger partial charge in [-0.25, -0.2) is 23.6 Å². The van der Waals surface area contributed by atoms with Crippen molar-refractivity contribution in [2.75, 3.05) is 5.32 Å². The lowest BCUT2D eigenvalue weighted by Gasteiger charge is -2.32. The van der Waals surface area contributed by atoms with Crippen molar-refractivity contribution < 1.29 is 27.5 Å². The lowest BCUT2D eigenvalue weighted by atomic mass is 10.0. The van der Waals surface area contributed by atoms with Crippen molar-refractivity contribution in [3.8, 4) is 0 Å². The minimum atomic E-state index is -3.71. The van der Waals surface area contributed by atoms with Gasteiger partial charge in [-0.1, -0.05) is 39.8 Å². The summed E-state index contributed by atoms with van der Waals surface area (Å²) in [5, 5.41) is 4.61. The predicted octanol–water partition coefficient (Wildman–Crippen LogP) is 3.99. The molecule has 208 valence electrons. The maximum absolute atomic E-state index is 13.1. The highest BCUT2D eigenvalue weighted by molar-refractivity contribution is 7.94. The van der Waals surface area contributed by atoms with Crippen LogP contribution in [0.4, 0.5) is 10.5 Å². The van der Waals surface area contributed by atoms with Gasteiger partial charge in [0.1, 0.15) is 11.6 Å². The number of ether oxygens (including phenoxy) is 1. The molecule has 0 bridgehead atoms. The Labute approximate surface area is 220 Å². The van der Waals surface area contributed by atoms with Gasteiger partial charge in [0.25, 0.3) is 5.91 Å². The summed E-state index contributed by atoms with van der Waals surface area (Å²) >= 11 is 0. The molecular formula is C26H42N4O6S. The SMILES string of the molecule is CC(C)CC/C=C/S(=O)(=O)c1cccc(NC(=O)[C@H](C)N(NC(=O)OC(C)(C)C)C(=O)[C@@H](N)C(C)C)c1. The number of nitrogens with one attached hydrogen (secondary N) is 2. The van der Waals surface area contributed by atoms with E-state index in [4.69, 9.17) is 10.5 Å². The third-order valence-electron chi connectivity index (χ3n) is 5.23. The second-order valence-corrected chi connectivity index (χ2v) is 12.5. The first-order chi connectivity index (χ1) is 16.9. The molecule has 0 radical (unpaired) electrons. The first-order valence-corrected chi connectivity index (χ1v) is 13.9. The van der Waals surface area contributed by atoms with Crippen LogP contribution in [-0.2, 0) is 24.2 Å². The number of benzene rings is 1. The monoisotopic (exact) mass is 538 g/mol. The quantitative estimate of drug-likeness (QED) is 0.382. The lowest BCUT2D eigenvalue weighted by Crippen LogP contribution is -2.60. The Morgan fingerprint density at radius 3 is 2.27 bits per heavy atom. The standard InChI is InChI=1S/C26H42N4O6S/c1-17(2)12-9-10-15-37(34,35)21-14-11-13-20(16-21)28-23(31)19(5)30(24(32)22(27)18(3)4)29-25(33)36-26(6,7)8/h10-11,13-19,22H,9,12,27H2,1-8H3,(H,28,31)(H,29,33)/b15-10+/t19-,22-/m0/s1. The van der Waals surface area contributed by atoms with Crippen molar-refractivity contribution in [2.24, 2.45) is 17.6 Å². The predicted molar refractivity (Wildman–Crippen MR) is 144 cm³/mol. The van der Waals surface area contributed by atoms with Crippen molar-refractivity contribution in [3.63, 3.8) is 0 Å². The zero-order valence-corrected chi connectivity index (χ0v) is 23.9. The molecule has 0 aliphatic rings. The third-order valence-corrected chi connectivity index (χ3v) is 6.70. The summed E-state index contributed by atoms with van der Waals surface area (Å²) in [7, 11) is -3.71.